The fourth-order valence-electron chi connectivity index (χ4n) is 3.39. The fourth-order valence-corrected chi connectivity index (χ4v) is 3.39. The molecule has 0 aromatic heterocycles. The lowest BCUT2D eigenvalue weighted by Gasteiger charge is -2.26. The molecule has 0 fully saturated rings. The van der Waals surface area contributed by atoms with Crippen LogP contribution in [0, 0.1) is 6.92 Å². The molecule has 0 spiro atoms. The smallest absolute Gasteiger partial charge is 0.276 e. The summed E-state index contributed by atoms with van der Waals surface area (Å²) in [5, 5.41) is 0. The van der Waals surface area contributed by atoms with Gasteiger partial charge in [-0.25, -0.2) is 0 Å². The summed E-state index contributed by atoms with van der Waals surface area (Å²) < 4.78 is 5.76. The highest BCUT2D eigenvalue weighted by atomic mass is 16.5. The van der Waals surface area contributed by atoms with E-state index in [4.69, 9.17) is 4.74 Å². The molecule has 154 valence electrons. The highest BCUT2D eigenvalue weighted by molar-refractivity contribution is 5.77. The second-order valence-corrected chi connectivity index (χ2v) is 7.86. The molecule has 2 aromatic carbocycles. The van der Waals surface area contributed by atoms with Crippen LogP contribution in [0.15, 0.2) is 60.3 Å². The molecule has 0 aliphatic carbocycles. The van der Waals surface area contributed by atoms with Crippen LogP contribution in [0.25, 0.3) is 0 Å². The second-order valence-electron chi connectivity index (χ2n) is 7.86. The Balaban J connectivity index is 1.42. The van der Waals surface area contributed by atoms with Crippen molar-refractivity contribution < 1.29 is 9.53 Å². The van der Waals surface area contributed by atoms with Gasteiger partial charge in [0.2, 0.25) is 0 Å². The minimum absolute atomic E-state index is 0.0107. The summed E-state index contributed by atoms with van der Waals surface area (Å²) in [7, 11) is 0. The Morgan fingerprint density at radius 3 is 2.66 bits per heavy atom. The first-order valence-corrected chi connectivity index (χ1v) is 10.2. The number of carbonyl (C=O) groups excluding carboxylic acids is 1. The van der Waals surface area contributed by atoms with Crippen LogP contribution in [0.2, 0.25) is 0 Å². The van der Waals surface area contributed by atoms with E-state index in [1.54, 1.807) is 0 Å². The van der Waals surface area contributed by atoms with E-state index in [9.17, 15) is 4.79 Å². The van der Waals surface area contributed by atoms with E-state index < -0.39 is 0 Å². The molecule has 0 unspecified atom stereocenters. The summed E-state index contributed by atoms with van der Waals surface area (Å²) in [6, 6.07) is 16.5. The number of amides is 1. The van der Waals surface area contributed by atoms with E-state index in [-0.39, 0.29) is 12.5 Å². The Labute approximate surface area is 173 Å². The van der Waals surface area contributed by atoms with Crippen molar-refractivity contribution >= 4 is 5.91 Å². The number of aryl methyl sites for hydroxylation is 1. The molecule has 0 saturated carbocycles. The number of hydrogen-bond donors (Lipinski definition) is 2. The van der Waals surface area contributed by atoms with Gasteiger partial charge in [0, 0.05) is 31.8 Å². The van der Waals surface area contributed by atoms with Gasteiger partial charge in [-0.1, -0.05) is 61.9 Å². The minimum Gasteiger partial charge on any atom is -0.483 e. The molecule has 5 heteroatoms. The Morgan fingerprint density at radius 2 is 1.97 bits per heavy atom. The van der Waals surface area contributed by atoms with E-state index in [2.05, 4.69) is 72.9 Å². The van der Waals surface area contributed by atoms with Crippen molar-refractivity contribution in [2.24, 2.45) is 0 Å². The largest absolute Gasteiger partial charge is 0.483 e. The van der Waals surface area contributed by atoms with E-state index in [1.165, 1.54) is 11.1 Å². The molecule has 2 N–H and O–H groups in total. The summed E-state index contributed by atoms with van der Waals surface area (Å²) in [6.45, 7) is 9.07. The lowest BCUT2D eigenvalue weighted by atomic mass is 10.00. The number of hydrogen-bond acceptors (Lipinski definition) is 4. The number of carbonyl (C=O) groups is 1. The number of benzene rings is 2. The zero-order valence-corrected chi connectivity index (χ0v) is 17.6. The highest BCUT2D eigenvalue weighted by Crippen LogP contribution is 2.27. The van der Waals surface area contributed by atoms with Gasteiger partial charge in [0.1, 0.15) is 5.75 Å². The number of rotatable bonds is 8. The van der Waals surface area contributed by atoms with Crippen molar-refractivity contribution in [2.45, 2.75) is 39.7 Å². The first-order chi connectivity index (χ1) is 14.0. The third-order valence-electron chi connectivity index (χ3n) is 5.05. The van der Waals surface area contributed by atoms with E-state index in [0.29, 0.717) is 5.92 Å². The van der Waals surface area contributed by atoms with Gasteiger partial charge >= 0.3 is 0 Å². The van der Waals surface area contributed by atoms with Crippen molar-refractivity contribution in [1.82, 2.24) is 15.8 Å². The van der Waals surface area contributed by atoms with Crippen molar-refractivity contribution in [2.75, 3.05) is 19.7 Å². The van der Waals surface area contributed by atoms with Gasteiger partial charge in [0.25, 0.3) is 5.91 Å². The first kappa shape index (κ1) is 20.9. The molecule has 2 aromatic rings. The van der Waals surface area contributed by atoms with Crippen LogP contribution in [0.4, 0.5) is 0 Å². The summed E-state index contributed by atoms with van der Waals surface area (Å²) in [5.41, 5.74) is 10.5. The molecule has 0 saturated heterocycles. The fraction of sp³-hybridized carbons (Fsp3) is 0.375. The van der Waals surface area contributed by atoms with Gasteiger partial charge in [0.05, 0.1) is 0 Å². The van der Waals surface area contributed by atoms with Crippen molar-refractivity contribution in [1.29, 1.82) is 0 Å². The van der Waals surface area contributed by atoms with Crippen LogP contribution in [-0.4, -0.2) is 30.5 Å². The Morgan fingerprint density at radius 1 is 1.17 bits per heavy atom. The number of ether oxygens (including phenoxy) is 1. The zero-order valence-electron chi connectivity index (χ0n) is 17.6. The molecule has 29 heavy (non-hydrogen) atoms. The Kier molecular flexibility index (Phi) is 7.30. The van der Waals surface area contributed by atoms with Crippen molar-refractivity contribution in [3.63, 3.8) is 0 Å². The van der Waals surface area contributed by atoms with Crippen LogP contribution in [0.1, 0.15) is 42.9 Å². The maximum Gasteiger partial charge on any atom is 0.276 e. The summed E-state index contributed by atoms with van der Waals surface area (Å²) in [4.78, 5) is 14.6. The highest BCUT2D eigenvalue weighted by Gasteiger charge is 2.13. The number of nitrogens with one attached hydrogen (secondary N) is 2. The topological polar surface area (TPSA) is 53.6 Å². The molecule has 0 atom stereocenters. The van der Waals surface area contributed by atoms with Crippen LogP contribution in [-0.2, 0) is 11.3 Å². The molecule has 1 aliphatic heterocycles. The third-order valence-corrected chi connectivity index (χ3v) is 5.05. The second kappa shape index (κ2) is 10.1. The average Bonchev–Trinajstić information content (AvgIpc) is 2.73. The number of hydrazine groups is 1. The van der Waals surface area contributed by atoms with Gasteiger partial charge in [-0.05, 0) is 36.1 Å². The van der Waals surface area contributed by atoms with Gasteiger partial charge in [0.15, 0.2) is 6.61 Å². The first-order valence-electron chi connectivity index (χ1n) is 10.2. The zero-order chi connectivity index (χ0) is 20.6. The summed E-state index contributed by atoms with van der Waals surface area (Å²) in [6.07, 6.45) is 3.01. The van der Waals surface area contributed by atoms with E-state index in [0.717, 1.165) is 43.1 Å². The predicted octanol–water partition coefficient (Wildman–Crippen LogP) is 3.91. The third kappa shape index (κ3) is 6.36. The average molecular weight is 394 g/mol. The van der Waals surface area contributed by atoms with Crippen molar-refractivity contribution in [3.05, 3.63) is 77.0 Å². The molecular formula is C24H31N3O2. The SMILES string of the molecule is Cc1ccc(OCC(=O)NNC2=CCN(Cc3ccccc3)CC2)c(C(C)C)c1. The molecule has 0 radical (unpaired) electrons. The van der Waals surface area contributed by atoms with E-state index >= 15 is 0 Å². The molecule has 1 aliphatic rings. The van der Waals surface area contributed by atoms with Crippen LogP contribution in [0.3, 0.4) is 0 Å². The van der Waals surface area contributed by atoms with Gasteiger partial charge in [-0.3, -0.25) is 15.1 Å². The van der Waals surface area contributed by atoms with E-state index in [1.807, 2.05) is 18.2 Å². The number of nitrogens with zero attached hydrogens (tertiary/aromatic N) is 1. The predicted molar refractivity (Wildman–Crippen MR) is 116 cm³/mol. The quantitative estimate of drug-likeness (QED) is 0.668. The van der Waals surface area contributed by atoms with Crippen molar-refractivity contribution in [3.8, 4) is 5.75 Å². The maximum absolute atomic E-state index is 12.2. The van der Waals surface area contributed by atoms with Crippen LogP contribution >= 0.6 is 0 Å². The minimum atomic E-state index is -0.187. The lowest BCUT2D eigenvalue weighted by molar-refractivity contribution is -0.123. The summed E-state index contributed by atoms with van der Waals surface area (Å²) >= 11 is 0. The molecule has 1 heterocycles. The maximum atomic E-state index is 12.2. The molecule has 0 bridgehead atoms. The van der Waals surface area contributed by atoms with Crippen LogP contribution in [0.5, 0.6) is 5.75 Å². The Hall–Kier alpha value is -2.79. The van der Waals surface area contributed by atoms with Crippen LogP contribution < -0.4 is 15.6 Å². The Bertz CT molecular complexity index is 846. The molecule has 1 amide bonds. The monoisotopic (exact) mass is 393 g/mol. The molecule has 3 rings (SSSR count). The van der Waals surface area contributed by atoms with Gasteiger partial charge < -0.3 is 10.2 Å². The molecular weight excluding hydrogens is 362 g/mol. The normalized spacial score (nSPS) is 14.4. The van der Waals surface area contributed by atoms with Gasteiger partial charge in [-0.15, -0.1) is 0 Å². The molecule has 5 nitrogen and oxygen atoms in total. The summed E-state index contributed by atoms with van der Waals surface area (Å²) in [5.74, 6) is 0.930. The van der Waals surface area contributed by atoms with Gasteiger partial charge in [-0.2, -0.15) is 0 Å². The standard InChI is InChI=1S/C24H31N3O2/c1-18(2)22-15-19(3)9-10-23(22)29-17-24(28)26-25-21-11-13-27(14-12-21)16-20-7-5-4-6-8-20/h4-11,15,18,25H,12-14,16-17H2,1-3H3,(H,26,28). The lowest BCUT2D eigenvalue weighted by Crippen LogP contribution is -2.42.